The molecule has 2 aromatic heterocycles. The third-order valence-electron chi connectivity index (χ3n) is 3.73. The number of halogens is 6. The molecule has 0 atom stereocenters. The standard InChI is InChI=1S/C18H14F6N6/c19-17(20,21)13-7-12(8-14(9-13)18(22,23)24)16-26-11-30(29-16)6-2-5-27-28-15-3-1-4-25-10-15/h1-4,6-11,27-28H,5H2/b6-2-. The van der Waals surface area contributed by atoms with E-state index >= 15 is 0 Å². The minimum atomic E-state index is -4.94. The van der Waals surface area contributed by atoms with E-state index in [1.807, 2.05) is 0 Å². The van der Waals surface area contributed by atoms with Gasteiger partial charge in [-0.05, 0) is 30.3 Å². The van der Waals surface area contributed by atoms with Gasteiger partial charge in [-0.2, -0.15) is 26.3 Å². The Kier molecular flexibility index (Phi) is 6.06. The molecule has 0 amide bonds. The predicted molar refractivity (Wildman–Crippen MR) is 96.7 cm³/mol. The number of nitrogens with zero attached hydrogens (tertiary/aromatic N) is 4. The number of hydrogen-bond donors (Lipinski definition) is 2. The maximum atomic E-state index is 13.0. The normalized spacial score (nSPS) is 12.5. The van der Waals surface area contributed by atoms with Gasteiger partial charge in [-0.3, -0.25) is 4.98 Å². The summed E-state index contributed by atoms with van der Waals surface area (Å²) < 4.78 is 79.0. The molecule has 0 radical (unpaired) electrons. The van der Waals surface area contributed by atoms with Crippen LogP contribution in [0.3, 0.4) is 0 Å². The zero-order valence-electron chi connectivity index (χ0n) is 15.0. The molecule has 2 N–H and O–H groups in total. The second kappa shape index (κ2) is 8.53. The van der Waals surface area contributed by atoms with Crippen molar-refractivity contribution in [1.82, 2.24) is 25.2 Å². The molecule has 0 aliphatic rings. The molecule has 2 heterocycles. The van der Waals surface area contributed by atoms with Crippen LogP contribution in [0.4, 0.5) is 32.0 Å². The van der Waals surface area contributed by atoms with Crippen LogP contribution in [-0.4, -0.2) is 26.3 Å². The van der Waals surface area contributed by atoms with E-state index in [0.29, 0.717) is 18.7 Å². The fraction of sp³-hybridized carbons (Fsp3) is 0.167. The highest BCUT2D eigenvalue weighted by Crippen LogP contribution is 2.37. The summed E-state index contributed by atoms with van der Waals surface area (Å²) in [7, 11) is 0. The van der Waals surface area contributed by atoms with Crippen molar-refractivity contribution in [2.24, 2.45) is 0 Å². The van der Waals surface area contributed by atoms with Crippen molar-refractivity contribution in [3.8, 4) is 11.4 Å². The smallest absolute Gasteiger partial charge is 0.320 e. The molecule has 3 rings (SSSR count). The van der Waals surface area contributed by atoms with Crippen molar-refractivity contribution in [1.29, 1.82) is 0 Å². The van der Waals surface area contributed by atoms with Crippen molar-refractivity contribution in [2.45, 2.75) is 12.4 Å². The van der Waals surface area contributed by atoms with Crippen LogP contribution in [-0.2, 0) is 12.4 Å². The topological polar surface area (TPSA) is 67.7 Å². The number of aromatic nitrogens is 4. The van der Waals surface area contributed by atoms with Gasteiger partial charge < -0.3 is 5.43 Å². The number of benzene rings is 1. The summed E-state index contributed by atoms with van der Waals surface area (Å²) in [5.74, 6) is -0.266. The lowest BCUT2D eigenvalue weighted by Gasteiger charge is -2.13. The molecule has 0 unspecified atom stereocenters. The zero-order valence-corrected chi connectivity index (χ0v) is 15.0. The Morgan fingerprint density at radius 1 is 1.00 bits per heavy atom. The highest BCUT2D eigenvalue weighted by Gasteiger charge is 2.37. The third-order valence-corrected chi connectivity index (χ3v) is 3.73. The van der Waals surface area contributed by atoms with Crippen molar-refractivity contribution in [3.05, 3.63) is 66.3 Å². The Morgan fingerprint density at radius 3 is 2.30 bits per heavy atom. The van der Waals surface area contributed by atoms with Gasteiger partial charge in [0, 0.05) is 24.5 Å². The van der Waals surface area contributed by atoms with Gasteiger partial charge in [-0.1, -0.05) is 6.08 Å². The summed E-state index contributed by atoms with van der Waals surface area (Å²) in [6, 6.07) is 4.75. The molecule has 0 saturated carbocycles. The molecule has 0 spiro atoms. The number of hydrogen-bond acceptors (Lipinski definition) is 5. The van der Waals surface area contributed by atoms with Gasteiger partial charge in [-0.25, -0.2) is 15.1 Å². The summed E-state index contributed by atoms with van der Waals surface area (Å²) >= 11 is 0. The average Bonchev–Trinajstić information content (AvgIpc) is 3.16. The Bertz CT molecular complexity index is 978. The van der Waals surface area contributed by atoms with Crippen molar-refractivity contribution >= 4 is 11.9 Å². The lowest BCUT2D eigenvalue weighted by atomic mass is 10.0. The van der Waals surface area contributed by atoms with E-state index in [-0.39, 0.29) is 17.5 Å². The van der Waals surface area contributed by atoms with Crippen LogP contribution in [0.2, 0.25) is 0 Å². The summed E-state index contributed by atoms with van der Waals surface area (Å²) in [4.78, 5) is 7.72. The van der Waals surface area contributed by atoms with Crippen LogP contribution >= 0.6 is 0 Å². The van der Waals surface area contributed by atoms with Gasteiger partial charge in [0.25, 0.3) is 0 Å². The molecular formula is C18H14F6N6. The Morgan fingerprint density at radius 2 is 1.70 bits per heavy atom. The van der Waals surface area contributed by atoms with E-state index in [0.717, 1.165) is 5.69 Å². The molecular weight excluding hydrogens is 414 g/mol. The van der Waals surface area contributed by atoms with Crippen LogP contribution < -0.4 is 10.9 Å². The maximum Gasteiger partial charge on any atom is 0.416 e. The molecule has 1 aromatic carbocycles. The monoisotopic (exact) mass is 428 g/mol. The SMILES string of the molecule is FC(F)(F)c1cc(-c2ncn(/C=C\CNNc3cccnc3)n2)cc(C(F)(F)F)c1. The van der Waals surface area contributed by atoms with Crippen LogP contribution in [0.25, 0.3) is 17.6 Å². The highest BCUT2D eigenvalue weighted by atomic mass is 19.4. The van der Waals surface area contributed by atoms with Crippen LogP contribution in [0.5, 0.6) is 0 Å². The average molecular weight is 428 g/mol. The van der Waals surface area contributed by atoms with E-state index in [1.165, 1.54) is 17.2 Å². The number of rotatable bonds is 6. The zero-order chi connectivity index (χ0) is 21.8. The Labute approximate surface area is 166 Å². The number of nitrogens with one attached hydrogen (secondary N) is 2. The first-order valence-corrected chi connectivity index (χ1v) is 8.39. The molecule has 0 saturated heterocycles. The molecule has 158 valence electrons. The fourth-order valence-corrected chi connectivity index (χ4v) is 2.37. The van der Waals surface area contributed by atoms with Crippen molar-refractivity contribution in [3.63, 3.8) is 0 Å². The lowest BCUT2D eigenvalue weighted by molar-refractivity contribution is -0.143. The molecule has 3 aromatic rings. The van der Waals surface area contributed by atoms with Gasteiger partial charge >= 0.3 is 12.4 Å². The molecule has 6 nitrogen and oxygen atoms in total. The first-order chi connectivity index (χ1) is 14.1. The fourth-order valence-electron chi connectivity index (χ4n) is 2.37. The minimum absolute atomic E-state index is 0.0569. The van der Waals surface area contributed by atoms with E-state index in [4.69, 9.17) is 0 Å². The van der Waals surface area contributed by atoms with Crippen LogP contribution in [0.15, 0.2) is 55.1 Å². The van der Waals surface area contributed by atoms with Crippen LogP contribution in [0, 0.1) is 0 Å². The third kappa shape index (κ3) is 5.56. The second-order valence-corrected chi connectivity index (χ2v) is 5.98. The van der Waals surface area contributed by atoms with Crippen molar-refractivity contribution < 1.29 is 26.3 Å². The largest absolute Gasteiger partial charge is 0.416 e. The van der Waals surface area contributed by atoms with E-state index in [1.54, 1.807) is 30.6 Å². The molecule has 0 aliphatic heterocycles. The van der Waals surface area contributed by atoms with Gasteiger partial charge in [0.1, 0.15) is 6.33 Å². The number of alkyl halides is 6. The van der Waals surface area contributed by atoms with Crippen LogP contribution in [0.1, 0.15) is 11.1 Å². The Hall–Kier alpha value is -3.41. The molecule has 30 heavy (non-hydrogen) atoms. The lowest BCUT2D eigenvalue weighted by Crippen LogP contribution is -2.21. The van der Waals surface area contributed by atoms with Gasteiger partial charge in [0.05, 0.1) is 23.0 Å². The van der Waals surface area contributed by atoms with Gasteiger partial charge in [-0.15, -0.1) is 5.10 Å². The first-order valence-electron chi connectivity index (χ1n) is 8.39. The Balaban J connectivity index is 1.72. The minimum Gasteiger partial charge on any atom is -0.320 e. The molecule has 0 aliphatic carbocycles. The van der Waals surface area contributed by atoms with E-state index < -0.39 is 23.5 Å². The summed E-state index contributed by atoms with van der Waals surface area (Å²) in [5, 5.41) is 3.91. The summed E-state index contributed by atoms with van der Waals surface area (Å²) in [6.45, 7) is 0.339. The summed E-state index contributed by atoms with van der Waals surface area (Å²) in [5.41, 5.74) is 3.25. The number of anilines is 1. The highest BCUT2D eigenvalue weighted by molar-refractivity contribution is 5.58. The molecule has 12 heteroatoms. The number of pyridine rings is 1. The summed E-state index contributed by atoms with van der Waals surface area (Å²) in [6.07, 6.45) is -2.41. The molecule has 0 fully saturated rings. The number of hydrazine groups is 1. The van der Waals surface area contributed by atoms with Gasteiger partial charge in [0.15, 0.2) is 5.82 Å². The first kappa shape index (κ1) is 21.3. The van der Waals surface area contributed by atoms with E-state index in [2.05, 4.69) is 25.9 Å². The predicted octanol–water partition coefficient (Wildman–Crippen LogP) is 4.47. The quantitative estimate of drug-likeness (QED) is 0.345. The second-order valence-electron chi connectivity index (χ2n) is 5.98. The van der Waals surface area contributed by atoms with Gasteiger partial charge in [0.2, 0.25) is 0 Å². The van der Waals surface area contributed by atoms with Crippen molar-refractivity contribution in [2.75, 3.05) is 12.0 Å². The maximum absolute atomic E-state index is 13.0. The van der Waals surface area contributed by atoms with E-state index in [9.17, 15) is 26.3 Å². The molecule has 0 bridgehead atoms.